The van der Waals surface area contributed by atoms with Crippen molar-refractivity contribution < 1.29 is 19.4 Å². The zero-order valence-corrected chi connectivity index (χ0v) is 12.5. The summed E-state index contributed by atoms with van der Waals surface area (Å²) in [6.07, 6.45) is 1.11. The third-order valence-electron chi connectivity index (χ3n) is 3.67. The normalized spacial score (nSPS) is 15.6. The summed E-state index contributed by atoms with van der Waals surface area (Å²) in [5.41, 5.74) is 6.53. The number of rotatable bonds is 7. The number of methoxy groups -OCH3 is 1. The molecule has 0 aromatic heterocycles. The van der Waals surface area contributed by atoms with Crippen molar-refractivity contribution in [2.75, 3.05) is 20.2 Å². The Bertz CT molecular complexity index is 598. The lowest BCUT2D eigenvalue weighted by molar-refractivity contribution is -0.127. The van der Waals surface area contributed by atoms with Crippen LogP contribution in [0.5, 0.6) is 5.75 Å². The molecule has 1 aliphatic rings. The Hall–Kier alpha value is -2.34. The zero-order valence-electron chi connectivity index (χ0n) is 12.5. The van der Waals surface area contributed by atoms with Crippen LogP contribution in [-0.4, -0.2) is 48.1 Å². The summed E-state index contributed by atoms with van der Waals surface area (Å²) < 4.78 is 5.17. The molecule has 6 nitrogen and oxygen atoms in total. The van der Waals surface area contributed by atoms with Crippen molar-refractivity contribution in [1.82, 2.24) is 4.90 Å². The van der Waals surface area contributed by atoms with Crippen LogP contribution < -0.4 is 10.5 Å². The van der Waals surface area contributed by atoms with Gasteiger partial charge in [0.2, 0.25) is 11.8 Å². The predicted molar refractivity (Wildman–Crippen MR) is 81.2 cm³/mol. The van der Waals surface area contributed by atoms with Crippen LogP contribution in [-0.2, 0) is 16.0 Å². The molecule has 0 radical (unpaired) electrons. The molecule has 0 spiro atoms. The summed E-state index contributed by atoms with van der Waals surface area (Å²) in [5.74, 6) is -0.180. The lowest BCUT2D eigenvalue weighted by atomic mass is 10.1. The topological polar surface area (TPSA) is 92.9 Å². The van der Waals surface area contributed by atoms with E-state index in [0.717, 1.165) is 11.3 Å². The number of hydrogen-bond donors (Lipinski definition) is 2. The first-order chi connectivity index (χ1) is 10.5. The van der Waals surface area contributed by atoms with Crippen molar-refractivity contribution in [2.24, 2.45) is 5.73 Å². The van der Waals surface area contributed by atoms with E-state index in [1.807, 2.05) is 24.3 Å². The maximum Gasteiger partial charge on any atom is 0.249 e. The Morgan fingerprint density at radius 2 is 2.27 bits per heavy atom. The third kappa shape index (κ3) is 3.85. The zero-order chi connectivity index (χ0) is 16.1. The van der Waals surface area contributed by atoms with Gasteiger partial charge in [0.25, 0.3) is 0 Å². The molecular formula is C16H20N2O4. The highest BCUT2D eigenvalue weighted by molar-refractivity contribution is 5.96. The average molecular weight is 304 g/mol. The van der Waals surface area contributed by atoms with E-state index in [1.54, 1.807) is 18.1 Å². The van der Waals surface area contributed by atoms with E-state index >= 15 is 0 Å². The van der Waals surface area contributed by atoms with Crippen LogP contribution in [0.4, 0.5) is 0 Å². The van der Waals surface area contributed by atoms with Gasteiger partial charge in [0.15, 0.2) is 0 Å². The van der Waals surface area contributed by atoms with Gasteiger partial charge < -0.3 is 20.5 Å². The summed E-state index contributed by atoms with van der Waals surface area (Å²) in [5, 5.41) is 9.46. The van der Waals surface area contributed by atoms with Gasteiger partial charge in [-0.1, -0.05) is 18.2 Å². The van der Waals surface area contributed by atoms with Crippen LogP contribution in [0, 0.1) is 0 Å². The van der Waals surface area contributed by atoms with Crippen molar-refractivity contribution in [1.29, 1.82) is 0 Å². The Kier molecular flexibility index (Phi) is 5.16. The summed E-state index contributed by atoms with van der Waals surface area (Å²) in [7, 11) is 1.61. The first-order valence-electron chi connectivity index (χ1n) is 7.10. The molecule has 6 heteroatoms. The average Bonchev–Trinajstić information content (AvgIpc) is 2.86. The van der Waals surface area contributed by atoms with Gasteiger partial charge >= 0.3 is 0 Å². The number of amides is 2. The standard InChI is InChI=1S/C16H20N2O4/c1-22-13-4-2-3-11(9-13)5-7-18-8-6-12(16(18)21)10-14(19)15(17)20/h2-4,6,9,14,19H,5,7-8,10H2,1H3,(H2,17,20). The highest BCUT2D eigenvalue weighted by Crippen LogP contribution is 2.18. The minimum Gasteiger partial charge on any atom is -0.497 e. The fraction of sp³-hybridized carbons (Fsp3) is 0.375. The Morgan fingerprint density at radius 3 is 2.95 bits per heavy atom. The molecule has 0 fully saturated rings. The molecule has 1 aliphatic heterocycles. The quantitative estimate of drug-likeness (QED) is 0.755. The van der Waals surface area contributed by atoms with E-state index in [2.05, 4.69) is 0 Å². The minimum absolute atomic E-state index is 0.0240. The number of hydrogen-bond acceptors (Lipinski definition) is 4. The van der Waals surface area contributed by atoms with Gasteiger partial charge in [-0.2, -0.15) is 0 Å². The summed E-state index contributed by atoms with van der Waals surface area (Å²) in [6, 6.07) is 7.70. The number of benzene rings is 1. The van der Waals surface area contributed by atoms with Gasteiger partial charge in [0.1, 0.15) is 11.9 Å². The molecule has 2 rings (SSSR count). The molecule has 1 aromatic rings. The molecule has 1 aromatic carbocycles. The number of aliphatic hydroxyl groups excluding tert-OH is 1. The van der Waals surface area contributed by atoms with E-state index in [1.165, 1.54) is 0 Å². The first-order valence-corrected chi connectivity index (χ1v) is 7.10. The van der Waals surface area contributed by atoms with Crippen LogP contribution in [0.2, 0.25) is 0 Å². The van der Waals surface area contributed by atoms with Gasteiger partial charge in [-0.25, -0.2) is 0 Å². The number of nitrogens with zero attached hydrogens (tertiary/aromatic N) is 1. The Morgan fingerprint density at radius 1 is 1.50 bits per heavy atom. The number of carbonyl (C=O) groups is 2. The SMILES string of the molecule is COc1cccc(CCN2CC=C(CC(O)C(N)=O)C2=O)c1. The number of ether oxygens (including phenoxy) is 1. The Balaban J connectivity index is 1.88. The molecule has 1 unspecified atom stereocenters. The van der Waals surface area contributed by atoms with Crippen molar-refractivity contribution >= 4 is 11.8 Å². The molecule has 3 N–H and O–H groups in total. The number of nitrogens with two attached hydrogens (primary N) is 1. The molecule has 2 amide bonds. The number of primary amides is 1. The van der Waals surface area contributed by atoms with E-state index < -0.39 is 12.0 Å². The third-order valence-corrected chi connectivity index (χ3v) is 3.67. The van der Waals surface area contributed by atoms with Crippen LogP contribution >= 0.6 is 0 Å². The second-order valence-corrected chi connectivity index (χ2v) is 5.20. The number of carbonyl (C=O) groups excluding carboxylic acids is 2. The Labute approximate surface area is 129 Å². The van der Waals surface area contributed by atoms with Crippen LogP contribution in [0.25, 0.3) is 0 Å². The molecule has 0 saturated heterocycles. The van der Waals surface area contributed by atoms with Crippen molar-refractivity contribution in [3.05, 3.63) is 41.5 Å². The largest absolute Gasteiger partial charge is 0.497 e. The van der Waals surface area contributed by atoms with E-state index in [9.17, 15) is 14.7 Å². The van der Waals surface area contributed by atoms with Gasteiger partial charge in [0.05, 0.1) is 7.11 Å². The smallest absolute Gasteiger partial charge is 0.249 e. The number of aliphatic hydroxyl groups is 1. The summed E-state index contributed by atoms with van der Waals surface area (Å²) >= 11 is 0. The van der Waals surface area contributed by atoms with E-state index in [4.69, 9.17) is 10.5 Å². The van der Waals surface area contributed by atoms with Gasteiger partial charge in [-0.05, 0) is 24.1 Å². The molecule has 0 saturated carbocycles. The van der Waals surface area contributed by atoms with Crippen molar-refractivity contribution in [3.8, 4) is 5.75 Å². The van der Waals surface area contributed by atoms with Crippen molar-refractivity contribution in [2.45, 2.75) is 18.9 Å². The van der Waals surface area contributed by atoms with Gasteiger partial charge in [-0.3, -0.25) is 9.59 Å². The highest BCUT2D eigenvalue weighted by Gasteiger charge is 2.26. The van der Waals surface area contributed by atoms with E-state index in [-0.39, 0.29) is 12.3 Å². The van der Waals surface area contributed by atoms with Gasteiger partial charge in [-0.15, -0.1) is 0 Å². The lowest BCUT2D eigenvalue weighted by Gasteiger charge is -2.17. The first kappa shape index (κ1) is 16.0. The summed E-state index contributed by atoms with van der Waals surface area (Å²) in [4.78, 5) is 24.7. The van der Waals surface area contributed by atoms with Crippen LogP contribution in [0.3, 0.4) is 0 Å². The monoisotopic (exact) mass is 304 g/mol. The maximum absolute atomic E-state index is 12.2. The lowest BCUT2D eigenvalue weighted by Crippen LogP contribution is -2.32. The molecule has 1 heterocycles. The molecular weight excluding hydrogens is 284 g/mol. The van der Waals surface area contributed by atoms with Crippen LogP contribution in [0.1, 0.15) is 12.0 Å². The second kappa shape index (κ2) is 7.09. The molecule has 0 aliphatic carbocycles. The highest BCUT2D eigenvalue weighted by atomic mass is 16.5. The molecule has 118 valence electrons. The predicted octanol–water partition coefficient (Wildman–Crippen LogP) is 0.243. The molecule has 0 bridgehead atoms. The van der Waals surface area contributed by atoms with E-state index in [0.29, 0.717) is 25.1 Å². The minimum atomic E-state index is -1.31. The maximum atomic E-state index is 12.2. The van der Waals surface area contributed by atoms with Crippen LogP contribution in [0.15, 0.2) is 35.9 Å². The van der Waals surface area contributed by atoms with Crippen molar-refractivity contribution in [3.63, 3.8) is 0 Å². The molecule has 22 heavy (non-hydrogen) atoms. The van der Waals surface area contributed by atoms with Gasteiger partial charge in [0, 0.05) is 25.1 Å². The fourth-order valence-corrected chi connectivity index (χ4v) is 2.36. The molecule has 1 atom stereocenters. The summed E-state index contributed by atoms with van der Waals surface area (Å²) in [6.45, 7) is 1.06. The second-order valence-electron chi connectivity index (χ2n) is 5.20. The fourth-order valence-electron chi connectivity index (χ4n) is 2.36.